The Labute approximate surface area is 103 Å². The first-order valence-corrected chi connectivity index (χ1v) is 5.53. The predicted molar refractivity (Wildman–Crippen MR) is 56.9 cm³/mol. The zero-order valence-corrected chi connectivity index (χ0v) is 9.48. The summed E-state index contributed by atoms with van der Waals surface area (Å²) in [6.07, 6.45) is -3.73. The third-order valence-electron chi connectivity index (χ3n) is 2.06. The van der Waals surface area contributed by atoms with E-state index in [2.05, 4.69) is 4.98 Å². The van der Waals surface area contributed by atoms with E-state index in [1.165, 1.54) is 12.1 Å². The van der Waals surface area contributed by atoms with Crippen molar-refractivity contribution >= 4 is 17.1 Å². The van der Waals surface area contributed by atoms with Crippen LogP contribution in [-0.2, 0) is 6.18 Å². The molecular weight excluding hydrogens is 270 g/mol. The van der Waals surface area contributed by atoms with E-state index in [0.29, 0.717) is 0 Å². The molecular formula is C11H5F4NOS. The number of ketones is 1. The number of hydrogen-bond donors (Lipinski definition) is 0. The molecule has 2 nitrogen and oxygen atoms in total. The van der Waals surface area contributed by atoms with E-state index in [1.807, 2.05) is 0 Å². The van der Waals surface area contributed by atoms with Crippen LogP contribution in [0.3, 0.4) is 0 Å². The summed E-state index contributed by atoms with van der Waals surface area (Å²) >= 11 is 0.241. The number of carbonyl (C=O) groups excluding carboxylic acids is 1. The molecule has 0 radical (unpaired) electrons. The first kappa shape index (κ1) is 12.7. The fourth-order valence-electron chi connectivity index (χ4n) is 1.28. The third kappa shape index (κ3) is 2.56. The van der Waals surface area contributed by atoms with Gasteiger partial charge in [0.2, 0.25) is 5.78 Å². The Morgan fingerprint density at radius 1 is 1.28 bits per heavy atom. The van der Waals surface area contributed by atoms with Gasteiger partial charge in [-0.3, -0.25) is 4.79 Å². The van der Waals surface area contributed by atoms with Crippen LogP contribution in [0.15, 0.2) is 30.5 Å². The first-order valence-electron chi connectivity index (χ1n) is 4.71. The van der Waals surface area contributed by atoms with Gasteiger partial charge in [-0.1, -0.05) is 12.1 Å². The quantitative estimate of drug-likeness (QED) is 0.620. The van der Waals surface area contributed by atoms with Gasteiger partial charge in [-0.05, 0) is 12.1 Å². The number of halogens is 4. The van der Waals surface area contributed by atoms with E-state index in [-0.39, 0.29) is 21.8 Å². The molecule has 0 unspecified atom stereocenters. The van der Waals surface area contributed by atoms with Crippen molar-refractivity contribution in [1.29, 1.82) is 0 Å². The summed E-state index contributed by atoms with van der Waals surface area (Å²) in [7, 11) is 0. The first-order chi connectivity index (χ1) is 8.38. The second kappa shape index (κ2) is 4.49. The molecule has 2 aromatic rings. The number of hydrogen-bond acceptors (Lipinski definition) is 3. The summed E-state index contributed by atoms with van der Waals surface area (Å²) in [5.74, 6) is -1.30. The molecule has 2 rings (SSSR count). The Morgan fingerprint density at radius 2 is 2.00 bits per heavy atom. The van der Waals surface area contributed by atoms with Crippen molar-refractivity contribution in [2.75, 3.05) is 0 Å². The van der Waals surface area contributed by atoms with Crippen molar-refractivity contribution in [3.63, 3.8) is 0 Å². The molecule has 18 heavy (non-hydrogen) atoms. The van der Waals surface area contributed by atoms with E-state index in [9.17, 15) is 22.4 Å². The highest BCUT2D eigenvalue weighted by Gasteiger charge is 2.35. The van der Waals surface area contributed by atoms with E-state index >= 15 is 0 Å². The number of carbonyl (C=O) groups is 1. The maximum Gasteiger partial charge on any atom is 0.443 e. The SMILES string of the molecule is O=C(c1cccc(F)c1)c1cnc(C(F)(F)F)s1. The van der Waals surface area contributed by atoms with Gasteiger partial charge in [0.15, 0.2) is 5.01 Å². The topological polar surface area (TPSA) is 30.0 Å². The average molecular weight is 275 g/mol. The number of benzene rings is 1. The van der Waals surface area contributed by atoms with Gasteiger partial charge >= 0.3 is 6.18 Å². The number of nitrogens with zero attached hydrogens (tertiary/aromatic N) is 1. The number of thiazole rings is 1. The normalized spacial score (nSPS) is 11.6. The molecule has 0 bridgehead atoms. The third-order valence-corrected chi connectivity index (χ3v) is 3.10. The molecule has 0 saturated heterocycles. The molecule has 0 aliphatic rings. The van der Waals surface area contributed by atoms with Crippen molar-refractivity contribution in [3.8, 4) is 0 Å². The average Bonchev–Trinajstić information content (AvgIpc) is 2.77. The highest BCUT2D eigenvalue weighted by atomic mass is 32.1. The van der Waals surface area contributed by atoms with Gasteiger partial charge in [0.1, 0.15) is 5.82 Å². The van der Waals surface area contributed by atoms with Crippen LogP contribution in [0, 0.1) is 5.82 Å². The van der Waals surface area contributed by atoms with Crippen LogP contribution in [0.2, 0.25) is 0 Å². The fourth-order valence-corrected chi connectivity index (χ4v) is 2.03. The molecule has 1 aromatic carbocycles. The second-order valence-corrected chi connectivity index (χ2v) is 4.40. The van der Waals surface area contributed by atoms with Crippen LogP contribution < -0.4 is 0 Å². The van der Waals surface area contributed by atoms with E-state index in [0.717, 1.165) is 18.3 Å². The molecule has 0 spiro atoms. The fraction of sp³-hybridized carbons (Fsp3) is 0.0909. The molecule has 0 N–H and O–H groups in total. The summed E-state index contributed by atoms with van der Waals surface area (Å²) in [6, 6.07) is 4.76. The van der Waals surface area contributed by atoms with E-state index < -0.39 is 22.8 Å². The van der Waals surface area contributed by atoms with Gasteiger partial charge in [-0.2, -0.15) is 13.2 Å². The van der Waals surface area contributed by atoms with Gasteiger partial charge in [0.05, 0.1) is 4.88 Å². The lowest BCUT2D eigenvalue weighted by atomic mass is 10.1. The number of rotatable bonds is 2. The number of alkyl halides is 3. The Kier molecular flexibility index (Phi) is 3.16. The van der Waals surface area contributed by atoms with Crippen molar-refractivity contribution in [2.45, 2.75) is 6.18 Å². The monoisotopic (exact) mass is 275 g/mol. The van der Waals surface area contributed by atoms with Crippen LogP contribution in [0.4, 0.5) is 17.6 Å². The van der Waals surface area contributed by atoms with Gasteiger partial charge in [0, 0.05) is 11.8 Å². The lowest BCUT2D eigenvalue weighted by molar-refractivity contribution is -0.137. The minimum absolute atomic E-state index is 0.00706. The zero-order valence-electron chi connectivity index (χ0n) is 8.66. The lowest BCUT2D eigenvalue weighted by Gasteiger charge is -1.99. The smallest absolute Gasteiger partial charge is 0.288 e. The molecule has 0 saturated carbocycles. The minimum Gasteiger partial charge on any atom is -0.288 e. The van der Waals surface area contributed by atoms with Crippen molar-refractivity contribution in [3.05, 3.63) is 51.7 Å². The van der Waals surface area contributed by atoms with E-state index in [1.54, 1.807) is 0 Å². The van der Waals surface area contributed by atoms with Gasteiger partial charge < -0.3 is 0 Å². The highest BCUT2D eigenvalue weighted by Crippen LogP contribution is 2.33. The maximum absolute atomic E-state index is 12.9. The highest BCUT2D eigenvalue weighted by molar-refractivity contribution is 7.13. The minimum atomic E-state index is -4.58. The second-order valence-electron chi connectivity index (χ2n) is 3.37. The molecule has 0 fully saturated rings. The van der Waals surface area contributed by atoms with Crippen LogP contribution in [0.5, 0.6) is 0 Å². The van der Waals surface area contributed by atoms with Crippen LogP contribution in [0.25, 0.3) is 0 Å². The molecule has 0 aliphatic carbocycles. The molecule has 7 heteroatoms. The lowest BCUT2D eigenvalue weighted by Crippen LogP contribution is -2.03. The van der Waals surface area contributed by atoms with Crippen LogP contribution in [-0.4, -0.2) is 10.8 Å². The van der Waals surface area contributed by atoms with Crippen LogP contribution >= 0.6 is 11.3 Å². The Morgan fingerprint density at radius 3 is 2.56 bits per heavy atom. The van der Waals surface area contributed by atoms with E-state index in [4.69, 9.17) is 0 Å². The summed E-state index contributed by atoms with van der Waals surface area (Å²) in [5, 5.41) is -1.10. The number of aromatic nitrogens is 1. The zero-order chi connectivity index (χ0) is 13.3. The van der Waals surface area contributed by atoms with Crippen molar-refractivity contribution in [2.24, 2.45) is 0 Å². The van der Waals surface area contributed by atoms with Gasteiger partial charge in [-0.25, -0.2) is 9.37 Å². The Hall–Kier alpha value is -1.76. The molecule has 1 heterocycles. The van der Waals surface area contributed by atoms with Crippen molar-refractivity contribution < 1.29 is 22.4 Å². The summed E-state index contributed by atoms with van der Waals surface area (Å²) < 4.78 is 49.8. The molecule has 0 aliphatic heterocycles. The molecule has 0 atom stereocenters. The molecule has 1 aromatic heterocycles. The Balaban J connectivity index is 2.33. The van der Waals surface area contributed by atoms with Gasteiger partial charge in [0.25, 0.3) is 0 Å². The largest absolute Gasteiger partial charge is 0.443 e. The molecule has 94 valence electrons. The standard InChI is InChI=1S/C11H5F4NOS/c12-7-3-1-2-6(4-7)9(17)8-5-16-10(18-8)11(13,14)15/h1-5H. The maximum atomic E-state index is 12.9. The van der Waals surface area contributed by atoms with Crippen LogP contribution in [0.1, 0.15) is 20.2 Å². The Bertz CT molecular complexity index is 591. The van der Waals surface area contributed by atoms with Gasteiger partial charge in [-0.15, -0.1) is 11.3 Å². The van der Waals surface area contributed by atoms with Crippen molar-refractivity contribution in [1.82, 2.24) is 4.98 Å². The molecule has 0 amide bonds. The summed E-state index contributed by atoms with van der Waals surface area (Å²) in [4.78, 5) is 14.7. The predicted octanol–water partition coefficient (Wildman–Crippen LogP) is 3.53. The summed E-state index contributed by atoms with van der Waals surface area (Å²) in [5.41, 5.74) is -0.00706. The summed E-state index contributed by atoms with van der Waals surface area (Å²) in [6.45, 7) is 0.